The van der Waals surface area contributed by atoms with Gasteiger partial charge in [-0.15, -0.1) is 0 Å². The third-order valence-electron chi connectivity index (χ3n) is 4.35. The summed E-state index contributed by atoms with van der Waals surface area (Å²) >= 11 is 0. The Labute approximate surface area is 181 Å². The molecule has 11 heteroatoms. The molecule has 2 rings (SSSR count). The van der Waals surface area contributed by atoms with Gasteiger partial charge in [-0.2, -0.15) is 0 Å². The smallest absolute Gasteiger partial charge is 0.320 e. The zero-order valence-electron chi connectivity index (χ0n) is 17.4. The molecule has 0 spiro atoms. The Morgan fingerprint density at radius 3 is 1.97 bits per heavy atom. The van der Waals surface area contributed by atoms with E-state index in [4.69, 9.17) is 37.6 Å². The van der Waals surface area contributed by atoms with Crippen molar-refractivity contribution in [2.24, 2.45) is 17.2 Å². The number of phenolic OH excluding ortho intramolecular Hbond substituents is 1. The van der Waals surface area contributed by atoms with E-state index in [9.17, 15) is 14.4 Å². The van der Waals surface area contributed by atoms with Crippen LogP contribution in [0.3, 0.4) is 0 Å². The molecule has 1 aliphatic rings. The Bertz CT molecular complexity index is 664. The van der Waals surface area contributed by atoms with E-state index in [2.05, 4.69) is 5.32 Å². The first-order valence-corrected chi connectivity index (χ1v) is 9.99. The van der Waals surface area contributed by atoms with Gasteiger partial charge in [0.1, 0.15) is 23.9 Å². The molecular formula is C20H34N4O7. The predicted molar refractivity (Wildman–Crippen MR) is 115 cm³/mol. The van der Waals surface area contributed by atoms with Crippen LogP contribution >= 0.6 is 0 Å². The topological polar surface area (TPSA) is 222 Å². The Hall–Kier alpha value is -2.73. The van der Waals surface area contributed by atoms with E-state index in [0.29, 0.717) is 13.0 Å². The van der Waals surface area contributed by atoms with E-state index in [-0.39, 0.29) is 18.2 Å². The molecule has 31 heavy (non-hydrogen) atoms. The van der Waals surface area contributed by atoms with Gasteiger partial charge in [0.25, 0.3) is 0 Å². The Kier molecular flexibility index (Phi) is 14.6. The van der Waals surface area contributed by atoms with Gasteiger partial charge in [0.05, 0.1) is 0 Å². The summed E-state index contributed by atoms with van der Waals surface area (Å²) in [7, 11) is 0. The average Bonchev–Trinajstić information content (AvgIpc) is 3.26. The maximum Gasteiger partial charge on any atom is 0.320 e. The molecule has 1 aromatic rings. The van der Waals surface area contributed by atoms with Crippen molar-refractivity contribution in [2.45, 2.75) is 56.7 Å². The molecule has 0 unspecified atom stereocenters. The van der Waals surface area contributed by atoms with Crippen molar-refractivity contribution in [2.75, 3.05) is 13.1 Å². The van der Waals surface area contributed by atoms with Gasteiger partial charge in [-0.1, -0.05) is 18.6 Å². The maximum absolute atomic E-state index is 10.4. The van der Waals surface area contributed by atoms with Crippen LogP contribution in [0.1, 0.15) is 37.7 Å². The number of unbranched alkanes of at least 4 members (excludes halogenated alkanes) is 1. The molecule has 0 bridgehead atoms. The summed E-state index contributed by atoms with van der Waals surface area (Å²) < 4.78 is 0. The minimum absolute atomic E-state index is 0.160. The van der Waals surface area contributed by atoms with Gasteiger partial charge in [0.15, 0.2) is 0 Å². The number of carbonyl (C=O) groups is 3. The third kappa shape index (κ3) is 14.0. The van der Waals surface area contributed by atoms with Crippen molar-refractivity contribution in [3.8, 4) is 5.75 Å². The number of aliphatic carboxylic acids is 3. The van der Waals surface area contributed by atoms with Crippen molar-refractivity contribution < 1.29 is 34.8 Å². The second-order valence-corrected chi connectivity index (χ2v) is 7.03. The zero-order valence-corrected chi connectivity index (χ0v) is 17.4. The van der Waals surface area contributed by atoms with Crippen molar-refractivity contribution in [3.63, 3.8) is 0 Å². The van der Waals surface area contributed by atoms with Crippen molar-refractivity contribution in [3.05, 3.63) is 29.8 Å². The monoisotopic (exact) mass is 442 g/mol. The number of hydrogen-bond acceptors (Lipinski definition) is 8. The fraction of sp³-hybridized carbons (Fsp3) is 0.550. The van der Waals surface area contributed by atoms with Crippen molar-refractivity contribution >= 4 is 17.9 Å². The van der Waals surface area contributed by atoms with Gasteiger partial charge in [-0.05, 0) is 62.9 Å². The van der Waals surface area contributed by atoms with Crippen LogP contribution in [0.15, 0.2) is 24.3 Å². The van der Waals surface area contributed by atoms with Crippen LogP contribution in [0, 0.1) is 0 Å². The average molecular weight is 443 g/mol. The molecule has 0 radical (unpaired) electrons. The fourth-order valence-corrected chi connectivity index (χ4v) is 2.50. The lowest BCUT2D eigenvalue weighted by Crippen LogP contribution is -2.32. The van der Waals surface area contributed by atoms with E-state index in [0.717, 1.165) is 37.8 Å². The number of aromatic hydroxyl groups is 1. The molecule has 3 atom stereocenters. The Morgan fingerprint density at radius 1 is 1.00 bits per heavy atom. The lowest BCUT2D eigenvalue weighted by atomic mass is 10.1. The van der Waals surface area contributed by atoms with Gasteiger partial charge >= 0.3 is 17.9 Å². The predicted octanol–water partition coefficient (Wildman–Crippen LogP) is -0.303. The third-order valence-corrected chi connectivity index (χ3v) is 4.35. The van der Waals surface area contributed by atoms with Crippen molar-refractivity contribution in [1.29, 1.82) is 0 Å². The van der Waals surface area contributed by atoms with E-state index in [1.165, 1.54) is 12.1 Å². The highest BCUT2D eigenvalue weighted by Gasteiger charge is 2.20. The van der Waals surface area contributed by atoms with Gasteiger partial charge in [0.2, 0.25) is 0 Å². The molecule has 11 nitrogen and oxygen atoms in total. The highest BCUT2D eigenvalue weighted by Crippen LogP contribution is 2.10. The summed E-state index contributed by atoms with van der Waals surface area (Å²) in [5.41, 5.74) is 16.5. The first kappa shape index (κ1) is 28.3. The number of benzene rings is 1. The molecule has 0 aliphatic carbocycles. The summed E-state index contributed by atoms with van der Waals surface area (Å²) in [5.74, 6) is -2.51. The molecule has 1 aliphatic heterocycles. The van der Waals surface area contributed by atoms with Crippen LogP contribution in [0.2, 0.25) is 0 Å². The van der Waals surface area contributed by atoms with Crippen LogP contribution in [0.5, 0.6) is 5.75 Å². The second kappa shape index (κ2) is 16.0. The minimum Gasteiger partial charge on any atom is -0.508 e. The molecule has 11 N–H and O–H groups in total. The van der Waals surface area contributed by atoms with E-state index >= 15 is 0 Å². The zero-order chi connectivity index (χ0) is 23.8. The normalized spacial score (nSPS) is 16.7. The van der Waals surface area contributed by atoms with E-state index in [1.54, 1.807) is 12.1 Å². The van der Waals surface area contributed by atoms with Gasteiger partial charge in [-0.3, -0.25) is 14.4 Å². The molecule has 1 heterocycles. The van der Waals surface area contributed by atoms with Crippen LogP contribution in [-0.4, -0.2) is 69.5 Å². The van der Waals surface area contributed by atoms with Crippen LogP contribution < -0.4 is 22.5 Å². The number of phenols is 1. The number of carboxylic acid groups (broad SMARTS) is 3. The first-order valence-electron chi connectivity index (χ1n) is 9.99. The maximum atomic E-state index is 10.4. The molecule has 176 valence electrons. The molecule has 1 aromatic carbocycles. The van der Waals surface area contributed by atoms with Gasteiger partial charge < -0.3 is 42.9 Å². The number of rotatable bonds is 9. The van der Waals surface area contributed by atoms with E-state index < -0.39 is 30.0 Å². The fourth-order valence-electron chi connectivity index (χ4n) is 2.50. The quantitative estimate of drug-likeness (QED) is 0.232. The van der Waals surface area contributed by atoms with Gasteiger partial charge in [0, 0.05) is 0 Å². The summed E-state index contributed by atoms with van der Waals surface area (Å²) in [5, 5.41) is 37.0. The van der Waals surface area contributed by atoms with Crippen molar-refractivity contribution in [1.82, 2.24) is 5.32 Å². The number of carboxylic acids is 3. The number of hydrogen-bond donors (Lipinski definition) is 8. The SMILES string of the molecule is NCCCC[C@H](N)C(=O)O.N[C@@H](Cc1ccc(O)cc1)C(=O)O.O=C(O)[C@@H]1CCCN1. The lowest BCUT2D eigenvalue weighted by Gasteiger charge is -2.05. The first-order chi connectivity index (χ1) is 14.6. The molecule has 1 fully saturated rings. The summed E-state index contributed by atoms with van der Waals surface area (Å²) in [4.78, 5) is 30.7. The standard InChI is InChI=1S/C9H11NO3.C6H14N2O2.C5H9NO2/c10-8(9(12)13)5-6-1-3-7(11)4-2-6;7-4-2-1-3-5(8)6(9)10;7-5(8)4-2-1-3-6-4/h1-4,8,11H,5,10H2,(H,12,13);5H,1-4,7-8H2,(H,9,10);4,6H,1-3H2,(H,7,8)/t8-;5-;4-/m000/s1. The largest absolute Gasteiger partial charge is 0.508 e. The van der Waals surface area contributed by atoms with Gasteiger partial charge in [-0.25, -0.2) is 0 Å². The highest BCUT2D eigenvalue weighted by molar-refractivity contribution is 5.74. The molecule has 0 saturated carbocycles. The number of nitrogens with one attached hydrogen (secondary N) is 1. The van der Waals surface area contributed by atoms with Crippen LogP contribution in [-0.2, 0) is 20.8 Å². The molecular weight excluding hydrogens is 408 g/mol. The lowest BCUT2D eigenvalue weighted by molar-refractivity contribution is -0.139. The van der Waals surface area contributed by atoms with Crippen LogP contribution in [0.25, 0.3) is 0 Å². The van der Waals surface area contributed by atoms with E-state index in [1.807, 2.05) is 0 Å². The van der Waals surface area contributed by atoms with Crippen LogP contribution in [0.4, 0.5) is 0 Å². The highest BCUT2D eigenvalue weighted by atomic mass is 16.4. The minimum atomic E-state index is -1.02. The molecule has 1 saturated heterocycles. The number of nitrogens with two attached hydrogens (primary N) is 3. The summed E-state index contributed by atoms with van der Waals surface area (Å²) in [6.45, 7) is 1.46. The molecule has 0 amide bonds. The second-order valence-electron chi connectivity index (χ2n) is 7.03. The Morgan fingerprint density at radius 2 is 1.58 bits per heavy atom. The summed E-state index contributed by atoms with van der Waals surface area (Å²) in [6, 6.07) is 4.44. The summed E-state index contributed by atoms with van der Waals surface area (Å²) in [6.07, 6.45) is 4.22. The molecule has 0 aromatic heterocycles. The Balaban J connectivity index is 0.000000450.